The Morgan fingerprint density at radius 1 is 1.11 bits per heavy atom. The highest BCUT2D eigenvalue weighted by atomic mass is 16.5. The van der Waals surface area contributed by atoms with E-state index in [1.807, 2.05) is 64.1 Å². The number of hydrogen-bond acceptors (Lipinski definition) is 6. The van der Waals surface area contributed by atoms with Crippen LogP contribution in [0.15, 0.2) is 67.1 Å². The molecule has 5 rings (SSSR count). The van der Waals surface area contributed by atoms with E-state index < -0.39 is 0 Å². The fraction of sp³-hybridized carbons (Fsp3) is 0.308. The van der Waals surface area contributed by atoms with Crippen molar-refractivity contribution in [2.24, 2.45) is 5.92 Å². The highest BCUT2D eigenvalue weighted by Crippen LogP contribution is 2.24. The number of carbonyl (C=O) groups excluding carboxylic acids is 1. The number of ether oxygens (including phenoxy) is 1. The Labute approximate surface area is 204 Å². The summed E-state index contributed by atoms with van der Waals surface area (Å²) < 4.78 is 7.14. The molecule has 0 bridgehead atoms. The number of hydrogen-bond donors (Lipinski definition) is 2. The fourth-order valence-electron chi connectivity index (χ4n) is 4.50. The second-order valence-electron chi connectivity index (χ2n) is 8.78. The number of aromatic nitrogens is 4. The van der Waals surface area contributed by atoms with E-state index >= 15 is 0 Å². The molecule has 3 heterocycles. The van der Waals surface area contributed by atoms with Crippen LogP contribution in [0.2, 0.25) is 0 Å². The molecule has 2 aromatic heterocycles. The monoisotopic (exact) mass is 471 g/mol. The number of carbonyl (C=O) groups is 1. The first-order valence-electron chi connectivity index (χ1n) is 11.8. The van der Waals surface area contributed by atoms with E-state index in [4.69, 9.17) is 9.72 Å². The van der Waals surface area contributed by atoms with Crippen LogP contribution in [-0.4, -0.2) is 56.7 Å². The molecular weight excluding hydrogens is 442 g/mol. The molecule has 1 aliphatic heterocycles. The van der Waals surface area contributed by atoms with Gasteiger partial charge in [0, 0.05) is 31.0 Å². The van der Waals surface area contributed by atoms with E-state index in [9.17, 15) is 4.79 Å². The number of urea groups is 1. The number of piperidine rings is 1. The lowest BCUT2D eigenvalue weighted by atomic mass is 9.92. The molecule has 2 unspecified atom stereocenters. The maximum atomic E-state index is 12.9. The van der Waals surface area contributed by atoms with Gasteiger partial charge in [0.15, 0.2) is 0 Å². The van der Waals surface area contributed by atoms with E-state index in [1.165, 1.54) is 0 Å². The second-order valence-corrected chi connectivity index (χ2v) is 8.78. The predicted octanol–water partition coefficient (Wildman–Crippen LogP) is 4.57. The van der Waals surface area contributed by atoms with Crippen molar-refractivity contribution in [2.75, 3.05) is 30.8 Å². The number of methoxy groups -OCH3 is 1. The lowest BCUT2D eigenvalue weighted by Crippen LogP contribution is -2.46. The molecule has 4 aromatic rings. The Morgan fingerprint density at radius 2 is 1.94 bits per heavy atom. The van der Waals surface area contributed by atoms with Crippen LogP contribution in [0.25, 0.3) is 16.9 Å². The lowest BCUT2D eigenvalue weighted by Gasteiger charge is -2.36. The quantitative estimate of drug-likeness (QED) is 0.428. The number of nitrogens with one attached hydrogen (secondary N) is 2. The summed E-state index contributed by atoms with van der Waals surface area (Å²) >= 11 is 0. The van der Waals surface area contributed by atoms with Crippen LogP contribution in [0.1, 0.15) is 19.8 Å². The van der Waals surface area contributed by atoms with E-state index in [0.29, 0.717) is 12.5 Å². The molecule has 1 fully saturated rings. The van der Waals surface area contributed by atoms with Gasteiger partial charge < -0.3 is 20.3 Å². The number of amides is 2. The van der Waals surface area contributed by atoms with Crippen molar-refractivity contribution in [1.29, 1.82) is 0 Å². The Kier molecular flexibility index (Phi) is 6.47. The maximum absolute atomic E-state index is 12.9. The number of nitrogens with zero attached hydrogens (tertiary/aromatic N) is 5. The van der Waals surface area contributed by atoms with Crippen molar-refractivity contribution in [2.45, 2.75) is 25.8 Å². The van der Waals surface area contributed by atoms with Gasteiger partial charge >= 0.3 is 6.03 Å². The third-order valence-electron chi connectivity index (χ3n) is 6.49. The van der Waals surface area contributed by atoms with Gasteiger partial charge in [-0.25, -0.2) is 14.8 Å². The van der Waals surface area contributed by atoms with E-state index in [0.717, 1.165) is 47.7 Å². The van der Waals surface area contributed by atoms with Gasteiger partial charge in [0.25, 0.3) is 0 Å². The molecule has 2 aromatic carbocycles. The zero-order chi connectivity index (χ0) is 24.2. The highest BCUT2D eigenvalue weighted by Gasteiger charge is 2.28. The third kappa shape index (κ3) is 5.03. The van der Waals surface area contributed by atoms with Crippen molar-refractivity contribution in [3.63, 3.8) is 0 Å². The lowest BCUT2D eigenvalue weighted by molar-refractivity contribution is 0.172. The first-order valence-corrected chi connectivity index (χ1v) is 11.8. The predicted molar refractivity (Wildman–Crippen MR) is 136 cm³/mol. The summed E-state index contributed by atoms with van der Waals surface area (Å²) in [4.78, 5) is 28.3. The first kappa shape index (κ1) is 22.6. The number of anilines is 2. The number of fused-ring (bicyclic) bond motifs is 1. The van der Waals surface area contributed by atoms with Crippen molar-refractivity contribution in [1.82, 2.24) is 24.4 Å². The Hall–Kier alpha value is -4.14. The summed E-state index contributed by atoms with van der Waals surface area (Å²) in [6, 6.07) is 17.2. The molecule has 1 aliphatic rings. The molecule has 9 nitrogen and oxygen atoms in total. The molecule has 0 spiro atoms. The smallest absolute Gasteiger partial charge is 0.321 e. The van der Waals surface area contributed by atoms with Gasteiger partial charge in [-0.1, -0.05) is 12.1 Å². The zero-order valence-electron chi connectivity index (χ0n) is 19.9. The van der Waals surface area contributed by atoms with Crippen LogP contribution < -0.4 is 15.4 Å². The van der Waals surface area contributed by atoms with Gasteiger partial charge in [0.2, 0.25) is 5.95 Å². The zero-order valence-corrected chi connectivity index (χ0v) is 19.9. The average molecular weight is 472 g/mol. The number of rotatable bonds is 6. The Morgan fingerprint density at radius 3 is 2.77 bits per heavy atom. The second kappa shape index (κ2) is 10.0. The number of imidazole rings is 1. The summed E-state index contributed by atoms with van der Waals surface area (Å²) in [6.45, 7) is 3.53. The summed E-state index contributed by atoms with van der Waals surface area (Å²) in [6.07, 6.45) is 5.52. The van der Waals surface area contributed by atoms with Crippen LogP contribution >= 0.6 is 0 Å². The van der Waals surface area contributed by atoms with Crippen molar-refractivity contribution < 1.29 is 9.53 Å². The third-order valence-corrected chi connectivity index (χ3v) is 6.49. The maximum Gasteiger partial charge on any atom is 0.321 e. The van der Waals surface area contributed by atoms with E-state index in [-0.39, 0.29) is 18.0 Å². The normalized spacial score (nSPS) is 16.6. The Bertz CT molecular complexity index is 1300. The minimum atomic E-state index is -0.0858. The van der Waals surface area contributed by atoms with Crippen LogP contribution in [0.3, 0.4) is 0 Å². The minimum absolute atomic E-state index is 0.0858. The Balaban J connectivity index is 1.23. The van der Waals surface area contributed by atoms with Gasteiger partial charge in [-0.15, -0.1) is 0 Å². The van der Waals surface area contributed by atoms with Crippen molar-refractivity contribution in [3.8, 4) is 11.6 Å². The summed E-state index contributed by atoms with van der Waals surface area (Å²) in [5.41, 5.74) is 2.67. The van der Waals surface area contributed by atoms with E-state index in [2.05, 4.69) is 27.5 Å². The molecule has 180 valence electrons. The fourth-order valence-corrected chi connectivity index (χ4v) is 4.50. The molecule has 9 heteroatoms. The van der Waals surface area contributed by atoms with Gasteiger partial charge in [0.05, 0.1) is 18.1 Å². The highest BCUT2D eigenvalue weighted by molar-refractivity contribution is 5.89. The molecular formula is C26H29N7O2. The van der Waals surface area contributed by atoms with Crippen molar-refractivity contribution >= 4 is 28.7 Å². The summed E-state index contributed by atoms with van der Waals surface area (Å²) in [5, 5.41) is 6.44. The molecule has 2 N–H and O–H groups in total. The minimum Gasteiger partial charge on any atom is -0.497 e. The van der Waals surface area contributed by atoms with Crippen LogP contribution in [0, 0.1) is 5.92 Å². The molecule has 0 radical (unpaired) electrons. The number of likely N-dealkylation sites (tertiary alicyclic amines) is 1. The average Bonchev–Trinajstić information content (AvgIpc) is 3.34. The van der Waals surface area contributed by atoms with Crippen LogP contribution in [-0.2, 0) is 0 Å². The molecule has 2 atom stereocenters. The van der Waals surface area contributed by atoms with Gasteiger partial charge in [-0.2, -0.15) is 4.98 Å². The number of para-hydroxylation sites is 2. The standard InChI is InChI=1S/C26H29N7O2/c1-18(19-6-5-15-32(16-19)26(34)30-20-9-11-21(35-2)12-10-20)29-25-27-14-13-24(31-25)33-17-28-22-7-3-4-8-23(22)33/h3-4,7-14,17-19H,5-6,15-16H2,1-2H3,(H,30,34)(H,27,29,31). The summed E-state index contributed by atoms with van der Waals surface area (Å²) in [5.74, 6) is 2.36. The molecule has 35 heavy (non-hydrogen) atoms. The largest absolute Gasteiger partial charge is 0.497 e. The van der Waals surface area contributed by atoms with E-state index in [1.54, 1.807) is 19.6 Å². The summed E-state index contributed by atoms with van der Waals surface area (Å²) in [7, 11) is 1.62. The van der Waals surface area contributed by atoms with Crippen LogP contribution in [0.4, 0.5) is 16.4 Å². The van der Waals surface area contributed by atoms with Crippen LogP contribution in [0.5, 0.6) is 5.75 Å². The first-order chi connectivity index (χ1) is 17.1. The van der Waals surface area contributed by atoms with Gasteiger partial charge in [0.1, 0.15) is 17.9 Å². The van der Waals surface area contributed by atoms with Gasteiger partial charge in [-0.3, -0.25) is 4.57 Å². The number of benzene rings is 2. The molecule has 1 saturated heterocycles. The molecule has 0 saturated carbocycles. The molecule has 2 amide bonds. The van der Waals surface area contributed by atoms with Crippen molar-refractivity contribution in [3.05, 3.63) is 67.1 Å². The topological polar surface area (TPSA) is 97.2 Å². The van der Waals surface area contributed by atoms with Gasteiger partial charge in [-0.05, 0) is 68.1 Å². The SMILES string of the molecule is COc1ccc(NC(=O)N2CCCC(C(C)Nc3nccc(-n4cnc5ccccc54)n3)C2)cc1. The molecule has 0 aliphatic carbocycles.